The van der Waals surface area contributed by atoms with Crippen molar-refractivity contribution >= 4 is 5.91 Å². The number of hydrogen-bond donors (Lipinski definition) is 1. The molecule has 0 unspecified atom stereocenters. The van der Waals surface area contributed by atoms with Crippen molar-refractivity contribution in [2.45, 2.75) is 6.42 Å². The van der Waals surface area contributed by atoms with Crippen LogP contribution in [0.25, 0.3) is 5.69 Å². The van der Waals surface area contributed by atoms with Crippen molar-refractivity contribution < 1.29 is 4.79 Å². The van der Waals surface area contributed by atoms with E-state index in [1.54, 1.807) is 4.68 Å². The molecule has 1 aromatic carbocycles. The quantitative estimate of drug-likeness (QED) is 0.776. The third-order valence-electron chi connectivity index (χ3n) is 2.37. The van der Waals surface area contributed by atoms with Crippen LogP contribution in [-0.2, 0) is 11.2 Å². The molecule has 1 aromatic heterocycles. The number of carbonyl (C=O) groups excluding carboxylic acids is 1. The minimum atomic E-state index is -0.200. The summed E-state index contributed by atoms with van der Waals surface area (Å²) >= 11 is 0. The monoisotopic (exact) mass is 243 g/mol. The Morgan fingerprint density at radius 3 is 2.89 bits per heavy atom. The average Bonchev–Trinajstić information content (AvgIpc) is 2.88. The lowest BCUT2D eigenvalue weighted by atomic mass is 10.3. The number of nitrogens with zero attached hydrogens (tertiary/aromatic N) is 4. The van der Waals surface area contributed by atoms with E-state index in [4.69, 9.17) is 0 Å². The molecule has 0 bridgehead atoms. The molecule has 92 valence electrons. The third-order valence-corrected chi connectivity index (χ3v) is 2.37. The Balaban J connectivity index is 2.05. The van der Waals surface area contributed by atoms with E-state index >= 15 is 0 Å². The first kappa shape index (κ1) is 12.0. The van der Waals surface area contributed by atoms with E-state index in [9.17, 15) is 4.79 Å². The van der Waals surface area contributed by atoms with E-state index in [2.05, 4.69) is 27.4 Å². The smallest absolute Gasteiger partial charge is 0.243 e. The fourth-order valence-corrected chi connectivity index (χ4v) is 1.50. The first-order valence-corrected chi connectivity index (χ1v) is 5.54. The maximum atomic E-state index is 11.0. The molecule has 1 heterocycles. The predicted octanol–water partition coefficient (Wildman–Crippen LogP) is 0.507. The Morgan fingerprint density at radius 1 is 1.39 bits per heavy atom. The fourth-order valence-electron chi connectivity index (χ4n) is 1.50. The van der Waals surface area contributed by atoms with Crippen LogP contribution in [0.4, 0.5) is 0 Å². The molecule has 0 radical (unpaired) electrons. The molecule has 0 spiro atoms. The van der Waals surface area contributed by atoms with Crippen LogP contribution in [0.15, 0.2) is 43.0 Å². The highest BCUT2D eigenvalue weighted by molar-refractivity contribution is 5.86. The summed E-state index contributed by atoms with van der Waals surface area (Å²) in [5, 5.41) is 14.2. The molecule has 1 amide bonds. The van der Waals surface area contributed by atoms with Crippen LogP contribution in [0.2, 0.25) is 0 Å². The Labute approximate surface area is 104 Å². The van der Waals surface area contributed by atoms with Crippen molar-refractivity contribution in [3.05, 3.63) is 48.8 Å². The van der Waals surface area contributed by atoms with Gasteiger partial charge in [-0.2, -0.15) is 4.68 Å². The summed E-state index contributed by atoms with van der Waals surface area (Å²) in [5.41, 5.74) is 0.896. The van der Waals surface area contributed by atoms with Gasteiger partial charge in [-0.15, -0.1) is 5.10 Å². The summed E-state index contributed by atoms with van der Waals surface area (Å²) in [6.07, 6.45) is 1.79. The zero-order valence-electron chi connectivity index (χ0n) is 9.78. The fraction of sp³-hybridized carbons (Fsp3) is 0.167. The van der Waals surface area contributed by atoms with Crippen molar-refractivity contribution in [1.82, 2.24) is 25.5 Å². The van der Waals surface area contributed by atoms with Gasteiger partial charge in [-0.1, -0.05) is 24.8 Å². The van der Waals surface area contributed by atoms with Crippen molar-refractivity contribution in [2.24, 2.45) is 0 Å². The molecule has 6 nitrogen and oxygen atoms in total. The van der Waals surface area contributed by atoms with Gasteiger partial charge in [0.2, 0.25) is 5.91 Å². The number of hydrogen-bond acceptors (Lipinski definition) is 4. The van der Waals surface area contributed by atoms with Gasteiger partial charge in [0.05, 0.1) is 5.69 Å². The minimum absolute atomic E-state index is 0.200. The minimum Gasteiger partial charge on any atom is -0.352 e. The highest BCUT2D eigenvalue weighted by Crippen LogP contribution is 2.06. The van der Waals surface area contributed by atoms with Crippen molar-refractivity contribution in [1.29, 1.82) is 0 Å². The zero-order chi connectivity index (χ0) is 12.8. The van der Waals surface area contributed by atoms with Crippen LogP contribution in [0.1, 0.15) is 5.82 Å². The highest BCUT2D eigenvalue weighted by Gasteiger charge is 2.07. The summed E-state index contributed by atoms with van der Waals surface area (Å²) in [6.45, 7) is 3.85. The number of amides is 1. The highest BCUT2D eigenvalue weighted by atomic mass is 16.1. The number of carbonyl (C=O) groups is 1. The largest absolute Gasteiger partial charge is 0.352 e. The van der Waals surface area contributed by atoms with Gasteiger partial charge in [0.25, 0.3) is 0 Å². The van der Waals surface area contributed by atoms with Crippen LogP contribution in [0.3, 0.4) is 0 Å². The molecule has 0 aliphatic heterocycles. The van der Waals surface area contributed by atoms with Gasteiger partial charge in [-0.05, 0) is 28.6 Å². The number of benzene rings is 1. The van der Waals surface area contributed by atoms with E-state index in [0.717, 1.165) is 5.69 Å². The molecule has 0 saturated heterocycles. The summed E-state index contributed by atoms with van der Waals surface area (Å²) in [7, 11) is 0. The van der Waals surface area contributed by atoms with Crippen LogP contribution < -0.4 is 5.32 Å². The number of tetrazole rings is 1. The number of nitrogens with one attached hydrogen (secondary N) is 1. The molecule has 0 fully saturated rings. The van der Waals surface area contributed by atoms with Gasteiger partial charge in [0.1, 0.15) is 0 Å². The summed E-state index contributed by atoms with van der Waals surface area (Å²) in [6, 6.07) is 9.60. The van der Waals surface area contributed by atoms with Crippen molar-refractivity contribution in [3.63, 3.8) is 0 Å². The van der Waals surface area contributed by atoms with Crippen molar-refractivity contribution in [3.8, 4) is 5.69 Å². The number of para-hydroxylation sites is 1. The second kappa shape index (κ2) is 5.72. The van der Waals surface area contributed by atoms with Gasteiger partial charge in [-0.25, -0.2) is 0 Å². The van der Waals surface area contributed by atoms with Gasteiger partial charge >= 0.3 is 0 Å². The second-order valence-corrected chi connectivity index (χ2v) is 3.59. The van der Waals surface area contributed by atoms with Crippen LogP contribution in [0.5, 0.6) is 0 Å². The zero-order valence-corrected chi connectivity index (χ0v) is 9.78. The Kier molecular flexibility index (Phi) is 3.80. The maximum Gasteiger partial charge on any atom is 0.243 e. The SMILES string of the molecule is C=CC(=O)NCCc1nnnn1-c1ccccc1. The maximum absolute atomic E-state index is 11.0. The van der Waals surface area contributed by atoms with Gasteiger partial charge < -0.3 is 5.32 Å². The van der Waals surface area contributed by atoms with E-state index in [-0.39, 0.29) is 5.91 Å². The second-order valence-electron chi connectivity index (χ2n) is 3.59. The van der Waals surface area contributed by atoms with E-state index in [1.165, 1.54) is 6.08 Å². The number of aromatic nitrogens is 4. The van der Waals surface area contributed by atoms with E-state index < -0.39 is 0 Å². The lowest BCUT2D eigenvalue weighted by molar-refractivity contribution is -0.116. The molecule has 6 heteroatoms. The van der Waals surface area contributed by atoms with Crippen LogP contribution >= 0.6 is 0 Å². The topological polar surface area (TPSA) is 72.7 Å². The van der Waals surface area contributed by atoms with Gasteiger partial charge in [0.15, 0.2) is 5.82 Å². The van der Waals surface area contributed by atoms with E-state index in [1.807, 2.05) is 30.3 Å². The molecule has 0 aliphatic rings. The molecule has 0 atom stereocenters. The van der Waals surface area contributed by atoms with E-state index in [0.29, 0.717) is 18.8 Å². The third kappa shape index (κ3) is 2.79. The number of rotatable bonds is 5. The van der Waals surface area contributed by atoms with Crippen molar-refractivity contribution in [2.75, 3.05) is 6.54 Å². The average molecular weight is 243 g/mol. The molecular weight excluding hydrogens is 230 g/mol. The Hall–Kier alpha value is -2.50. The normalized spacial score (nSPS) is 10.0. The van der Waals surface area contributed by atoms with Gasteiger partial charge in [0, 0.05) is 13.0 Å². The molecule has 2 rings (SSSR count). The lowest BCUT2D eigenvalue weighted by Crippen LogP contribution is -2.24. The molecule has 0 aliphatic carbocycles. The molecule has 0 saturated carbocycles. The van der Waals surface area contributed by atoms with Crippen LogP contribution in [0, 0.1) is 0 Å². The Morgan fingerprint density at radius 2 is 2.17 bits per heavy atom. The molecule has 18 heavy (non-hydrogen) atoms. The molecule has 1 N–H and O–H groups in total. The predicted molar refractivity (Wildman–Crippen MR) is 66.1 cm³/mol. The molecule has 2 aromatic rings. The Bertz CT molecular complexity index is 534. The molecular formula is C12H13N5O. The van der Waals surface area contributed by atoms with Gasteiger partial charge in [-0.3, -0.25) is 4.79 Å². The standard InChI is InChI=1S/C12H13N5O/c1-2-12(18)13-9-8-11-14-15-16-17(11)10-6-4-3-5-7-10/h2-7H,1,8-9H2,(H,13,18). The lowest BCUT2D eigenvalue weighted by Gasteiger charge is -2.04. The first-order valence-electron chi connectivity index (χ1n) is 5.54. The summed E-state index contributed by atoms with van der Waals surface area (Å²) in [5.74, 6) is 0.499. The first-order chi connectivity index (χ1) is 8.81. The summed E-state index contributed by atoms with van der Waals surface area (Å²) < 4.78 is 1.65. The van der Waals surface area contributed by atoms with Crippen LogP contribution in [-0.4, -0.2) is 32.7 Å². The summed E-state index contributed by atoms with van der Waals surface area (Å²) in [4.78, 5) is 11.0.